The van der Waals surface area contributed by atoms with Crippen LogP contribution in [-0.2, 0) is 4.79 Å². The van der Waals surface area contributed by atoms with E-state index in [1.54, 1.807) is 6.92 Å². The molecule has 2 rings (SSSR count). The van der Waals surface area contributed by atoms with Crippen LogP contribution in [0.3, 0.4) is 0 Å². The maximum atomic E-state index is 11.6. The number of hydrogen-bond acceptors (Lipinski definition) is 3. The molecule has 1 amide bonds. The minimum Gasteiger partial charge on any atom is -0.373 e. The number of aryl methyl sites for hydroxylation is 1. The van der Waals surface area contributed by atoms with Gasteiger partial charge in [0.05, 0.1) is 6.04 Å². The van der Waals surface area contributed by atoms with Crippen LogP contribution < -0.4 is 5.32 Å². The van der Waals surface area contributed by atoms with E-state index in [1.807, 2.05) is 24.2 Å². The van der Waals surface area contributed by atoms with Crippen molar-refractivity contribution in [2.45, 2.75) is 32.7 Å². The number of pyridine rings is 1. The molecule has 1 unspecified atom stereocenters. The summed E-state index contributed by atoms with van der Waals surface area (Å²) in [6.07, 6.45) is 4.02. The van der Waals surface area contributed by atoms with E-state index in [0.717, 1.165) is 25.2 Å². The Morgan fingerprint density at radius 1 is 1.59 bits per heavy atom. The number of rotatable bonds is 2. The molecule has 1 aromatic heterocycles. The maximum absolute atomic E-state index is 11.6. The van der Waals surface area contributed by atoms with Gasteiger partial charge in [-0.3, -0.25) is 4.79 Å². The van der Waals surface area contributed by atoms with Gasteiger partial charge < -0.3 is 10.2 Å². The van der Waals surface area contributed by atoms with Crippen LogP contribution in [0.15, 0.2) is 12.3 Å². The molecule has 1 atom stereocenters. The van der Waals surface area contributed by atoms with Crippen LogP contribution in [0.2, 0.25) is 0 Å². The SMILES string of the molecule is CNc1cc(C)c(C2CCCN2C(C)=O)cn1. The molecule has 1 aliphatic rings. The molecular weight excluding hydrogens is 214 g/mol. The van der Waals surface area contributed by atoms with E-state index in [0.29, 0.717) is 0 Å². The Bertz CT molecular complexity index is 431. The highest BCUT2D eigenvalue weighted by Crippen LogP contribution is 2.33. The van der Waals surface area contributed by atoms with Gasteiger partial charge in [-0.05, 0) is 37.0 Å². The highest BCUT2D eigenvalue weighted by atomic mass is 16.2. The Labute approximate surface area is 102 Å². The summed E-state index contributed by atoms with van der Waals surface area (Å²) in [6, 6.07) is 2.25. The molecule has 17 heavy (non-hydrogen) atoms. The van der Waals surface area contributed by atoms with Crippen molar-refractivity contribution in [2.75, 3.05) is 18.9 Å². The van der Waals surface area contributed by atoms with E-state index in [-0.39, 0.29) is 11.9 Å². The van der Waals surface area contributed by atoms with E-state index in [4.69, 9.17) is 0 Å². The van der Waals surface area contributed by atoms with Crippen LogP contribution in [0.5, 0.6) is 0 Å². The van der Waals surface area contributed by atoms with Gasteiger partial charge in [-0.1, -0.05) is 0 Å². The van der Waals surface area contributed by atoms with Gasteiger partial charge in [0.15, 0.2) is 0 Å². The average Bonchev–Trinajstić information content (AvgIpc) is 2.77. The highest BCUT2D eigenvalue weighted by molar-refractivity contribution is 5.74. The minimum absolute atomic E-state index is 0.157. The fourth-order valence-corrected chi connectivity index (χ4v) is 2.52. The number of carbonyl (C=O) groups excluding carboxylic acids is 1. The summed E-state index contributed by atoms with van der Waals surface area (Å²) < 4.78 is 0. The zero-order valence-corrected chi connectivity index (χ0v) is 10.7. The summed E-state index contributed by atoms with van der Waals surface area (Å²) in [6.45, 7) is 4.59. The smallest absolute Gasteiger partial charge is 0.219 e. The molecule has 1 saturated heterocycles. The summed E-state index contributed by atoms with van der Waals surface area (Å²) in [7, 11) is 1.86. The third kappa shape index (κ3) is 2.25. The number of anilines is 1. The molecule has 0 spiro atoms. The second-order valence-corrected chi connectivity index (χ2v) is 4.55. The summed E-state index contributed by atoms with van der Waals surface area (Å²) in [4.78, 5) is 17.9. The van der Waals surface area contributed by atoms with E-state index in [2.05, 4.69) is 17.2 Å². The first-order valence-corrected chi connectivity index (χ1v) is 6.05. The molecule has 92 valence electrons. The standard InChI is InChI=1S/C13H19N3O/c1-9-7-13(14-3)15-8-11(9)12-5-4-6-16(12)10(2)17/h7-8,12H,4-6H2,1-3H3,(H,14,15). The van der Waals surface area contributed by atoms with Crippen molar-refractivity contribution in [2.24, 2.45) is 0 Å². The predicted octanol–water partition coefficient (Wildman–Crippen LogP) is 2.12. The highest BCUT2D eigenvalue weighted by Gasteiger charge is 2.29. The van der Waals surface area contributed by atoms with Gasteiger partial charge >= 0.3 is 0 Å². The fraction of sp³-hybridized carbons (Fsp3) is 0.538. The normalized spacial score (nSPS) is 19.5. The Morgan fingerprint density at radius 2 is 2.35 bits per heavy atom. The lowest BCUT2D eigenvalue weighted by atomic mass is 10.0. The van der Waals surface area contributed by atoms with Gasteiger partial charge in [0.2, 0.25) is 5.91 Å². The molecule has 0 radical (unpaired) electrons. The van der Waals surface area contributed by atoms with E-state index in [1.165, 1.54) is 11.1 Å². The van der Waals surface area contributed by atoms with Crippen molar-refractivity contribution < 1.29 is 4.79 Å². The molecule has 0 aliphatic carbocycles. The molecular formula is C13H19N3O. The molecule has 2 heterocycles. The van der Waals surface area contributed by atoms with Gasteiger partial charge in [0.25, 0.3) is 0 Å². The van der Waals surface area contributed by atoms with Gasteiger partial charge in [-0.2, -0.15) is 0 Å². The first-order chi connectivity index (χ1) is 8.13. The quantitative estimate of drug-likeness (QED) is 0.851. The number of hydrogen-bond donors (Lipinski definition) is 1. The van der Waals surface area contributed by atoms with Gasteiger partial charge in [-0.15, -0.1) is 0 Å². The monoisotopic (exact) mass is 233 g/mol. The largest absolute Gasteiger partial charge is 0.373 e. The lowest BCUT2D eigenvalue weighted by molar-refractivity contribution is -0.129. The summed E-state index contributed by atoms with van der Waals surface area (Å²) >= 11 is 0. The number of aromatic nitrogens is 1. The maximum Gasteiger partial charge on any atom is 0.219 e. The Hall–Kier alpha value is -1.58. The summed E-state index contributed by atoms with van der Waals surface area (Å²) in [5, 5.41) is 3.03. The minimum atomic E-state index is 0.157. The Morgan fingerprint density at radius 3 is 2.94 bits per heavy atom. The third-order valence-corrected chi connectivity index (χ3v) is 3.42. The number of carbonyl (C=O) groups is 1. The molecule has 1 fully saturated rings. The number of amides is 1. The molecule has 0 aromatic carbocycles. The van der Waals surface area contributed by atoms with Crippen LogP contribution in [0.4, 0.5) is 5.82 Å². The van der Waals surface area contributed by atoms with Crippen LogP contribution in [0.25, 0.3) is 0 Å². The van der Waals surface area contributed by atoms with Crippen molar-refractivity contribution >= 4 is 11.7 Å². The second kappa shape index (κ2) is 4.73. The zero-order valence-electron chi connectivity index (χ0n) is 10.7. The topological polar surface area (TPSA) is 45.2 Å². The number of likely N-dealkylation sites (tertiary alicyclic amines) is 1. The third-order valence-electron chi connectivity index (χ3n) is 3.42. The first-order valence-electron chi connectivity index (χ1n) is 6.05. The van der Waals surface area contributed by atoms with Crippen LogP contribution >= 0.6 is 0 Å². The van der Waals surface area contributed by atoms with Gasteiger partial charge in [0, 0.05) is 26.7 Å². The summed E-state index contributed by atoms with van der Waals surface area (Å²) in [5.74, 6) is 1.03. The van der Waals surface area contributed by atoms with Crippen LogP contribution in [0, 0.1) is 6.92 Å². The molecule has 1 aromatic rings. The van der Waals surface area contributed by atoms with Crippen molar-refractivity contribution in [3.8, 4) is 0 Å². The van der Waals surface area contributed by atoms with Gasteiger partial charge in [-0.25, -0.2) is 4.98 Å². The number of nitrogens with zero attached hydrogens (tertiary/aromatic N) is 2. The van der Waals surface area contributed by atoms with Crippen molar-refractivity contribution in [3.05, 3.63) is 23.4 Å². The lowest BCUT2D eigenvalue weighted by Gasteiger charge is -2.24. The molecule has 1 N–H and O–H groups in total. The second-order valence-electron chi connectivity index (χ2n) is 4.55. The summed E-state index contributed by atoms with van der Waals surface area (Å²) in [5.41, 5.74) is 2.37. The van der Waals surface area contributed by atoms with Crippen LogP contribution in [-0.4, -0.2) is 29.4 Å². The van der Waals surface area contributed by atoms with E-state index in [9.17, 15) is 4.79 Å². The van der Waals surface area contributed by atoms with E-state index < -0.39 is 0 Å². The van der Waals surface area contributed by atoms with Crippen molar-refractivity contribution in [1.82, 2.24) is 9.88 Å². The molecule has 1 aliphatic heterocycles. The Balaban J connectivity index is 2.30. The molecule has 0 saturated carbocycles. The van der Waals surface area contributed by atoms with Crippen molar-refractivity contribution in [1.29, 1.82) is 0 Å². The molecule has 4 nitrogen and oxygen atoms in total. The predicted molar refractivity (Wildman–Crippen MR) is 67.9 cm³/mol. The fourth-order valence-electron chi connectivity index (χ4n) is 2.52. The Kier molecular flexibility index (Phi) is 3.31. The first kappa shape index (κ1) is 11.9. The van der Waals surface area contributed by atoms with E-state index >= 15 is 0 Å². The molecule has 0 bridgehead atoms. The lowest BCUT2D eigenvalue weighted by Crippen LogP contribution is -2.28. The molecule has 4 heteroatoms. The van der Waals surface area contributed by atoms with Crippen molar-refractivity contribution in [3.63, 3.8) is 0 Å². The zero-order chi connectivity index (χ0) is 12.4. The average molecular weight is 233 g/mol. The number of nitrogens with one attached hydrogen (secondary N) is 1. The van der Waals surface area contributed by atoms with Crippen LogP contribution in [0.1, 0.15) is 36.9 Å². The van der Waals surface area contributed by atoms with Gasteiger partial charge in [0.1, 0.15) is 5.82 Å².